The minimum atomic E-state index is -0.889. The van der Waals surface area contributed by atoms with Crippen molar-refractivity contribution < 1.29 is 15.1 Å². The van der Waals surface area contributed by atoms with Gasteiger partial charge in [0.2, 0.25) is 0 Å². The highest BCUT2D eigenvalue weighted by Gasteiger charge is 1.72. The molecule has 0 aliphatic heterocycles. The van der Waals surface area contributed by atoms with Gasteiger partial charge < -0.3 is 5.48 Å². The highest BCUT2D eigenvalue weighted by atomic mass is 35.5. The molecule has 2 N–H and O–H groups in total. The highest BCUT2D eigenvalue weighted by molar-refractivity contribution is 6.94. The number of carbonyl (C=O) groups excluding carboxylic acids is 2. The van der Waals surface area contributed by atoms with Crippen molar-refractivity contribution in [1.82, 2.24) is 0 Å². The Morgan fingerprint density at radius 2 is 0.778 bits per heavy atom. The van der Waals surface area contributed by atoms with Crippen LogP contribution in [0.25, 0.3) is 0 Å². The largest absolute Gasteiger partial charge is 0.412 e. The Balaban J connectivity index is -0.0000000720. The molecule has 56 valence electrons. The molecular formula is C2H2Cl4O3. The number of carbonyl (C=O) groups is 2. The fraction of sp³-hybridized carbons (Fsp3) is 0. The first-order valence-electron chi connectivity index (χ1n) is 1.16. The van der Waals surface area contributed by atoms with Crippen molar-refractivity contribution in [2.75, 3.05) is 0 Å². The number of rotatable bonds is 0. The van der Waals surface area contributed by atoms with Gasteiger partial charge in [-0.2, -0.15) is 0 Å². The molecule has 0 heterocycles. The molecular weight excluding hydrogens is 214 g/mol. The van der Waals surface area contributed by atoms with E-state index in [9.17, 15) is 0 Å². The molecule has 0 atom stereocenters. The van der Waals surface area contributed by atoms with Crippen LogP contribution in [0.5, 0.6) is 0 Å². The highest BCUT2D eigenvalue weighted by Crippen LogP contribution is 1.84. The van der Waals surface area contributed by atoms with E-state index < -0.39 is 9.40 Å². The van der Waals surface area contributed by atoms with Crippen molar-refractivity contribution >= 4 is 55.8 Å². The van der Waals surface area contributed by atoms with Gasteiger partial charge in [-0.1, -0.05) is 0 Å². The Hall–Kier alpha value is 0.460. The third-order valence-electron chi connectivity index (χ3n) is 0. The van der Waals surface area contributed by atoms with Gasteiger partial charge in [-0.05, 0) is 46.4 Å². The van der Waals surface area contributed by atoms with E-state index in [1.807, 2.05) is 0 Å². The zero-order chi connectivity index (χ0) is 7.15. The second-order valence-corrected chi connectivity index (χ2v) is 2.21. The third-order valence-corrected chi connectivity index (χ3v) is 0. The Morgan fingerprint density at radius 3 is 0.778 bits per heavy atom. The first kappa shape index (κ1) is 16.2. The number of hydrogen-bond donors (Lipinski definition) is 0. The summed E-state index contributed by atoms with van der Waals surface area (Å²) in [4.78, 5) is 18.0. The second-order valence-electron chi connectivity index (χ2n) is 0.451. The molecule has 0 amide bonds. The minimum Gasteiger partial charge on any atom is -0.412 e. The van der Waals surface area contributed by atoms with E-state index in [1.165, 1.54) is 0 Å². The van der Waals surface area contributed by atoms with Gasteiger partial charge in [-0.15, -0.1) is 0 Å². The van der Waals surface area contributed by atoms with Crippen LogP contribution in [0.15, 0.2) is 0 Å². The maximum absolute atomic E-state index is 8.98. The van der Waals surface area contributed by atoms with Crippen LogP contribution in [0.4, 0.5) is 9.59 Å². The lowest BCUT2D eigenvalue weighted by Crippen LogP contribution is -1.46. The predicted octanol–water partition coefficient (Wildman–Crippen LogP) is 2.34. The van der Waals surface area contributed by atoms with Crippen LogP contribution in [0.2, 0.25) is 0 Å². The van der Waals surface area contributed by atoms with Gasteiger partial charge >= 0.3 is 9.40 Å². The van der Waals surface area contributed by atoms with E-state index in [0.717, 1.165) is 0 Å². The van der Waals surface area contributed by atoms with Crippen LogP contribution >= 0.6 is 46.4 Å². The molecule has 0 aliphatic carbocycles. The number of hydrogen-bond acceptors (Lipinski definition) is 2. The summed E-state index contributed by atoms with van der Waals surface area (Å²) in [6, 6.07) is 0. The van der Waals surface area contributed by atoms with Gasteiger partial charge in [0.15, 0.2) is 0 Å². The summed E-state index contributed by atoms with van der Waals surface area (Å²) in [5.41, 5.74) is 0. The molecule has 0 fully saturated rings. The standard InChI is InChI=1S/2CCl2O.H2O/c2*2-1(3)4;/h;;1H2. The summed E-state index contributed by atoms with van der Waals surface area (Å²) in [5.74, 6) is 0. The molecule has 0 rings (SSSR count). The zero-order valence-corrected chi connectivity index (χ0v) is 6.85. The first-order valence-corrected chi connectivity index (χ1v) is 2.68. The Morgan fingerprint density at radius 1 is 0.778 bits per heavy atom. The van der Waals surface area contributed by atoms with Crippen LogP contribution in [-0.2, 0) is 0 Å². The van der Waals surface area contributed by atoms with E-state index in [0.29, 0.717) is 0 Å². The van der Waals surface area contributed by atoms with Crippen molar-refractivity contribution in [3.8, 4) is 0 Å². The summed E-state index contributed by atoms with van der Waals surface area (Å²) < 4.78 is -1.78. The first-order chi connectivity index (χ1) is 3.46. The average Bonchev–Trinajstić information content (AvgIpc) is 1.25. The maximum atomic E-state index is 8.98. The normalized spacial score (nSPS) is 5.78. The van der Waals surface area contributed by atoms with E-state index in [4.69, 9.17) is 9.59 Å². The summed E-state index contributed by atoms with van der Waals surface area (Å²) in [6.45, 7) is 0. The molecule has 0 aromatic rings. The lowest BCUT2D eigenvalue weighted by Gasteiger charge is -1.48. The van der Waals surface area contributed by atoms with Gasteiger partial charge in [0.05, 0.1) is 0 Å². The van der Waals surface area contributed by atoms with Crippen molar-refractivity contribution in [2.45, 2.75) is 0 Å². The van der Waals surface area contributed by atoms with Gasteiger partial charge in [0, 0.05) is 0 Å². The molecule has 0 saturated carbocycles. The minimum absolute atomic E-state index is 0. The topological polar surface area (TPSA) is 65.6 Å². The van der Waals surface area contributed by atoms with Crippen molar-refractivity contribution in [1.29, 1.82) is 0 Å². The predicted molar refractivity (Wildman–Crippen MR) is 37.8 cm³/mol. The van der Waals surface area contributed by atoms with Crippen LogP contribution < -0.4 is 0 Å². The molecule has 0 aromatic heterocycles. The maximum Gasteiger partial charge on any atom is 0.313 e. The fourth-order valence-electron chi connectivity index (χ4n) is 0. The molecule has 7 heteroatoms. The lowest BCUT2D eigenvalue weighted by molar-refractivity contribution is 0.274. The van der Waals surface area contributed by atoms with Crippen LogP contribution in [-0.4, -0.2) is 14.9 Å². The molecule has 0 unspecified atom stereocenters. The van der Waals surface area contributed by atoms with Gasteiger partial charge in [0.25, 0.3) is 0 Å². The molecule has 0 aromatic carbocycles. The summed E-state index contributed by atoms with van der Waals surface area (Å²) >= 11 is 17.6. The lowest BCUT2D eigenvalue weighted by atomic mass is 11.8. The van der Waals surface area contributed by atoms with Crippen LogP contribution in [0.1, 0.15) is 0 Å². The smallest absolute Gasteiger partial charge is 0.313 e. The summed E-state index contributed by atoms with van der Waals surface area (Å²) in [5, 5.41) is 0. The van der Waals surface area contributed by atoms with E-state index >= 15 is 0 Å². The Kier molecular flexibility index (Phi) is 20.3. The van der Waals surface area contributed by atoms with Crippen LogP contribution in [0.3, 0.4) is 0 Å². The molecule has 0 saturated heterocycles. The van der Waals surface area contributed by atoms with Gasteiger partial charge in [0.1, 0.15) is 0 Å². The van der Waals surface area contributed by atoms with Crippen molar-refractivity contribution in [3.05, 3.63) is 0 Å². The zero-order valence-electron chi connectivity index (χ0n) is 3.83. The third kappa shape index (κ3) is 1670. The summed E-state index contributed by atoms with van der Waals surface area (Å²) in [7, 11) is 0. The second kappa shape index (κ2) is 11.3. The fourth-order valence-corrected chi connectivity index (χ4v) is 0. The monoisotopic (exact) mass is 214 g/mol. The van der Waals surface area contributed by atoms with Crippen molar-refractivity contribution in [3.63, 3.8) is 0 Å². The molecule has 3 nitrogen and oxygen atoms in total. The van der Waals surface area contributed by atoms with Gasteiger partial charge in [-0.25, -0.2) is 0 Å². The van der Waals surface area contributed by atoms with Crippen molar-refractivity contribution in [2.24, 2.45) is 0 Å². The van der Waals surface area contributed by atoms with E-state index in [-0.39, 0.29) is 5.48 Å². The average molecular weight is 216 g/mol. The quantitative estimate of drug-likeness (QED) is 0.583. The molecule has 9 heavy (non-hydrogen) atoms. The SMILES string of the molecule is O.O=C(Cl)Cl.O=C(Cl)Cl. The molecule has 0 radical (unpaired) electrons. The number of halogens is 4. The summed E-state index contributed by atoms with van der Waals surface area (Å²) in [6.07, 6.45) is 0. The van der Waals surface area contributed by atoms with Crippen LogP contribution in [0, 0.1) is 0 Å². The van der Waals surface area contributed by atoms with Gasteiger partial charge in [-0.3, -0.25) is 9.59 Å². The molecule has 0 bridgehead atoms. The van der Waals surface area contributed by atoms with E-state index in [2.05, 4.69) is 46.4 Å². The molecule has 0 aliphatic rings. The molecule has 0 spiro atoms. The Labute approximate surface area is 71.1 Å². The Bertz CT molecular complexity index is 71.8. The van der Waals surface area contributed by atoms with E-state index in [1.54, 1.807) is 0 Å².